The Labute approximate surface area is 158 Å². The van der Waals surface area contributed by atoms with Crippen LogP contribution in [0.2, 0.25) is 0 Å². The van der Waals surface area contributed by atoms with Gasteiger partial charge < -0.3 is 24.3 Å². The third kappa shape index (κ3) is 5.13. The third-order valence-electron chi connectivity index (χ3n) is 3.72. The molecule has 0 aliphatic rings. The molecular weight excluding hydrogens is 350 g/mol. The maximum absolute atomic E-state index is 12.4. The summed E-state index contributed by atoms with van der Waals surface area (Å²) < 4.78 is 21.0. The van der Waals surface area contributed by atoms with E-state index in [9.17, 15) is 9.59 Å². The van der Waals surface area contributed by atoms with Gasteiger partial charge in [-0.25, -0.2) is 4.79 Å². The van der Waals surface area contributed by atoms with E-state index >= 15 is 0 Å². The minimum atomic E-state index is -1.000. The number of carbonyl (C=O) groups excluding carboxylic acids is 2. The second-order valence-corrected chi connectivity index (χ2v) is 5.54. The number of rotatable bonds is 8. The van der Waals surface area contributed by atoms with E-state index in [1.165, 1.54) is 27.2 Å². The topological polar surface area (TPSA) is 83.1 Å². The lowest BCUT2D eigenvalue weighted by atomic mass is 10.2. The van der Waals surface area contributed by atoms with E-state index in [4.69, 9.17) is 18.9 Å². The molecule has 2 aromatic carbocycles. The maximum Gasteiger partial charge on any atom is 0.339 e. The summed E-state index contributed by atoms with van der Waals surface area (Å²) in [4.78, 5) is 24.7. The van der Waals surface area contributed by atoms with E-state index in [0.29, 0.717) is 29.5 Å². The Morgan fingerprint density at radius 2 is 1.70 bits per heavy atom. The summed E-state index contributed by atoms with van der Waals surface area (Å²) in [6.45, 7) is 3.82. The highest BCUT2D eigenvalue weighted by molar-refractivity contribution is 5.98. The molecule has 1 amide bonds. The van der Waals surface area contributed by atoms with Crippen LogP contribution in [0.5, 0.6) is 17.2 Å². The van der Waals surface area contributed by atoms with Gasteiger partial charge in [-0.05, 0) is 44.2 Å². The molecule has 1 N–H and O–H groups in total. The van der Waals surface area contributed by atoms with Crippen molar-refractivity contribution in [2.24, 2.45) is 0 Å². The predicted molar refractivity (Wildman–Crippen MR) is 101 cm³/mol. The molecule has 0 spiro atoms. The van der Waals surface area contributed by atoms with Crippen molar-refractivity contribution in [1.29, 1.82) is 0 Å². The first-order valence-corrected chi connectivity index (χ1v) is 8.45. The highest BCUT2D eigenvalue weighted by Gasteiger charge is 2.21. The number of carbonyl (C=O) groups is 2. The molecule has 0 aliphatic heterocycles. The molecule has 7 heteroatoms. The SMILES string of the molecule is CCOc1ccccc1NC(=O)[C@H](C)OC(=O)c1ccc(OC)c(OC)c1. The minimum absolute atomic E-state index is 0.252. The molecule has 2 aromatic rings. The number of esters is 1. The van der Waals surface area contributed by atoms with Gasteiger partial charge in [0.05, 0.1) is 32.1 Å². The van der Waals surface area contributed by atoms with E-state index in [1.807, 2.05) is 6.92 Å². The first-order valence-electron chi connectivity index (χ1n) is 8.45. The molecule has 0 aromatic heterocycles. The standard InChI is InChI=1S/C20H23NO6/c1-5-26-16-9-7-6-8-15(16)21-19(22)13(2)27-20(23)14-10-11-17(24-3)18(12-14)25-4/h6-13H,5H2,1-4H3,(H,21,22)/t13-/m0/s1. The summed E-state index contributed by atoms with van der Waals surface area (Å²) in [6, 6.07) is 11.7. The molecule has 0 aliphatic carbocycles. The summed E-state index contributed by atoms with van der Waals surface area (Å²) in [5, 5.41) is 2.71. The molecular formula is C20H23NO6. The van der Waals surface area contributed by atoms with E-state index in [1.54, 1.807) is 36.4 Å². The van der Waals surface area contributed by atoms with Crippen molar-refractivity contribution in [1.82, 2.24) is 0 Å². The average Bonchev–Trinajstić information content (AvgIpc) is 2.68. The van der Waals surface area contributed by atoms with Gasteiger partial charge in [0, 0.05) is 0 Å². The molecule has 0 bridgehead atoms. The average molecular weight is 373 g/mol. The van der Waals surface area contributed by atoms with Crippen molar-refractivity contribution in [3.8, 4) is 17.2 Å². The monoisotopic (exact) mass is 373 g/mol. The molecule has 0 unspecified atom stereocenters. The Kier molecular flexibility index (Phi) is 7.05. The first kappa shape index (κ1) is 20.1. The van der Waals surface area contributed by atoms with Gasteiger partial charge in [-0.3, -0.25) is 4.79 Å². The van der Waals surface area contributed by atoms with Crippen LogP contribution in [-0.4, -0.2) is 38.8 Å². The number of ether oxygens (including phenoxy) is 4. The Hall–Kier alpha value is -3.22. The van der Waals surface area contributed by atoms with E-state index < -0.39 is 18.0 Å². The lowest BCUT2D eigenvalue weighted by Gasteiger charge is -2.16. The number of anilines is 1. The van der Waals surface area contributed by atoms with Gasteiger partial charge in [0.1, 0.15) is 5.75 Å². The van der Waals surface area contributed by atoms with Crippen molar-refractivity contribution in [2.45, 2.75) is 20.0 Å². The van der Waals surface area contributed by atoms with Crippen LogP contribution in [0.25, 0.3) is 0 Å². The van der Waals surface area contributed by atoms with Crippen LogP contribution in [0.3, 0.4) is 0 Å². The zero-order valence-corrected chi connectivity index (χ0v) is 15.8. The van der Waals surface area contributed by atoms with Gasteiger partial charge in [0.15, 0.2) is 17.6 Å². The van der Waals surface area contributed by atoms with Crippen LogP contribution >= 0.6 is 0 Å². The number of hydrogen-bond donors (Lipinski definition) is 1. The van der Waals surface area contributed by atoms with Crippen LogP contribution in [0.1, 0.15) is 24.2 Å². The van der Waals surface area contributed by atoms with Crippen LogP contribution in [-0.2, 0) is 9.53 Å². The Morgan fingerprint density at radius 1 is 1.00 bits per heavy atom. The zero-order valence-electron chi connectivity index (χ0n) is 15.8. The van der Waals surface area contributed by atoms with Crippen LogP contribution < -0.4 is 19.5 Å². The van der Waals surface area contributed by atoms with Gasteiger partial charge in [-0.1, -0.05) is 12.1 Å². The van der Waals surface area contributed by atoms with Gasteiger partial charge in [0.25, 0.3) is 5.91 Å². The van der Waals surface area contributed by atoms with Crippen molar-refractivity contribution >= 4 is 17.6 Å². The molecule has 0 saturated carbocycles. The number of para-hydroxylation sites is 2. The first-order chi connectivity index (χ1) is 13.0. The fourth-order valence-corrected chi connectivity index (χ4v) is 2.33. The summed E-state index contributed by atoms with van der Waals surface area (Å²) in [5.41, 5.74) is 0.764. The quantitative estimate of drug-likeness (QED) is 0.715. The predicted octanol–water partition coefficient (Wildman–Crippen LogP) is 3.29. The van der Waals surface area contributed by atoms with Gasteiger partial charge in [0.2, 0.25) is 0 Å². The fraction of sp³-hybridized carbons (Fsp3) is 0.300. The van der Waals surface area contributed by atoms with Crippen LogP contribution in [0, 0.1) is 0 Å². The smallest absolute Gasteiger partial charge is 0.339 e. The maximum atomic E-state index is 12.4. The highest BCUT2D eigenvalue weighted by atomic mass is 16.5. The minimum Gasteiger partial charge on any atom is -0.493 e. The lowest BCUT2D eigenvalue weighted by Crippen LogP contribution is -2.30. The number of benzene rings is 2. The highest BCUT2D eigenvalue weighted by Crippen LogP contribution is 2.28. The second-order valence-electron chi connectivity index (χ2n) is 5.54. The van der Waals surface area contributed by atoms with Gasteiger partial charge in [-0.15, -0.1) is 0 Å². The molecule has 144 valence electrons. The van der Waals surface area contributed by atoms with Crippen molar-refractivity contribution < 1.29 is 28.5 Å². The number of hydrogen-bond acceptors (Lipinski definition) is 6. The summed E-state index contributed by atoms with van der Waals surface area (Å²) >= 11 is 0. The third-order valence-corrected chi connectivity index (χ3v) is 3.72. The second kappa shape index (κ2) is 9.47. The summed E-state index contributed by atoms with van der Waals surface area (Å²) in [5.74, 6) is 0.335. The number of methoxy groups -OCH3 is 2. The summed E-state index contributed by atoms with van der Waals surface area (Å²) in [7, 11) is 2.97. The molecule has 27 heavy (non-hydrogen) atoms. The molecule has 7 nitrogen and oxygen atoms in total. The van der Waals surface area contributed by atoms with E-state index in [-0.39, 0.29) is 5.56 Å². The zero-order chi connectivity index (χ0) is 19.8. The number of nitrogens with one attached hydrogen (secondary N) is 1. The molecule has 1 atom stereocenters. The Morgan fingerprint density at radius 3 is 2.37 bits per heavy atom. The van der Waals surface area contributed by atoms with Crippen LogP contribution in [0.15, 0.2) is 42.5 Å². The molecule has 2 rings (SSSR count). The lowest BCUT2D eigenvalue weighted by molar-refractivity contribution is -0.123. The molecule has 0 heterocycles. The van der Waals surface area contributed by atoms with Crippen LogP contribution in [0.4, 0.5) is 5.69 Å². The van der Waals surface area contributed by atoms with Gasteiger partial charge >= 0.3 is 5.97 Å². The Balaban J connectivity index is 2.05. The van der Waals surface area contributed by atoms with Crippen molar-refractivity contribution in [2.75, 3.05) is 26.1 Å². The van der Waals surface area contributed by atoms with Crippen molar-refractivity contribution in [3.63, 3.8) is 0 Å². The molecule has 0 saturated heterocycles. The number of amides is 1. The normalized spacial score (nSPS) is 11.3. The fourth-order valence-electron chi connectivity index (χ4n) is 2.33. The summed E-state index contributed by atoms with van der Waals surface area (Å²) in [6.07, 6.45) is -1.000. The Bertz CT molecular complexity index is 805. The molecule has 0 radical (unpaired) electrons. The molecule has 0 fully saturated rings. The van der Waals surface area contributed by atoms with E-state index in [2.05, 4.69) is 5.32 Å². The van der Waals surface area contributed by atoms with Crippen molar-refractivity contribution in [3.05, 3.63) is 48.0 Å². The largest absolute Gasteiger partial charge is 0.493 e. The van der Waals surface area contributed by atoms with Gasteiger partial charge in [-0.2, -0.15) is 0 Å². The van der Waals surface area contributed by atoms with E-state index in [0.717, 1.165) is 0 Å².